The van der Waals surface area contributed by atoms with Crippen molar-refractivity contribution in [3.63, 3.8) is 0 Å². The predicted molar refractivity (Wildman–Crippen MR) is 131 cm³/mol. The molecule has 0 radical (unpaired) electrons. The lowest BCUT2D eigenvalue weighted by Gasteiger charge is -2.25. The predicted octanol–water partition coefficient (Wildman–Crippen LogP) is 2.92. The second-order valence-electron chi connectivity index (χ2n) is 8.43. The molecule has 2 atom stereocenters. The number of amides is 1. The fourth-order valence-electron chi connectivity index (χ4n) is 4.50. The highest BCUT2D eigenvalue weighted by molar-refractivity contribution is 8.00. The van der Waals surface area contributed by atoms with Crippen molar-refractivity contribution in [2.45, 2.75) is 43.6 Å². The molecule has 3 heterocycles. The number of carbonyl (C=O) groups is 1. The van der Waals surface area contributed by atoms with Gasteiger partial charge in [0.2, 0.25) is 11.1 Å². The minimum absolute atomic E-state index is 0.0107. The summed E-state index contributed by atoms with van der Waals surface area (Å²) in [6, 6.07) is 17.5. The molecular formula is C24H25N7O2S. The van der Waals surface area contributed by atoms with Crippen molar-refractivity contribution >= 4 is 23.4 Å². The Labute approximate surface area is 201 Å². The quantitative estimate of drug-likeness (QED) is 0.412. The van der Waals surface area contributed by atoms with Crippen molar-refractivity contribution in [2.24, 2.45) is 7.05 Å². The van der Waals surface area contributed by atoms with E-state index in [1.807, 2.05) is 74.3 Å². The topological polar surface area (TPSA) is 90.8 Å². The molecule has 1 aliphatic heterocycles. The normalized spacial score (nSPS) is 16.0. The second kappa shape index (κ2) is 8.60. The van der Waals surface area contributed by atoms with Crippen LogP contribution in [0.25, 0.3) is 11.4 Å². The molecule has 0 spiro atoms. The second-order valence-corrected chi connectivity index (χ2v) is 9.74. The third-order valence-electron chi connectivity index (χ3n) is 6.25. The van der Waals surface area contributed by atoms with Crippen LogP contribution in [0.1, 0.15) is 25.1 Å². The van der Waals surface area contributed by atoms with Gasteiger partial charge in [0, 0.05) is 18.8 Å². The first-order valence-corrected chi connectivity index (χ1v) is 12.0. The average Bonchev–Trinajstić information content (AvgIpc) is 3.48. The van der Waals surface area contributed by atoms with E-state index in [2.05, 4.69) is 28.5 Å². The summed E-state index contributed by atoms with van der Waals surface area (Å²) in [5.41, 5.74) is 3.71. The molecule has 174 valence electrons. The number of nitrogens with zero attached hydrogens (tertiary/aromatic N) is 7. The summed E-state index contributed by atoms with van der Waals surface area (Å²) in [7, 11) is 1.82. The molecule has 2 aromatic carbocycles. The Morgan fingerprint density at radius 1 is 1.12 bits per heavy atom. The number of anilines is 1. The van der Waals surface area contributed by atoms with Gasteiger partial charge in [0.25, 0.3) is 5.56 Å². The van der Waals surface area contributed by atoms with Gasteiger partial charge in [0.15, 0.2) is 5.69 Å². The molecule has 34 heavy (non-hydrogen) atoms. The molecule has 4 aromatic rings. The molecular weight excluding hydrogens is 450 g/mol. The number of fused-ring (bicyclic) bond motifs is 1. The molecule has 1 amide bonds. The Hall–Kier alpha value is -3.66. The Morgan fingerprint density at radius 2 is 1.82 bits per heavy atom. The summed E-state index contributed by atoms with van der Waals surface area (Å²) in [6.07, 6.45) is 0.833. The fraction of sp³-hybridized carbons (Fsp3) is 0.292. The van der Waals surface area contributed by atoms with Gasteiger partial charge >= 0.3 is 0 Å². The van der Waals surface area contributed by atoms with Gasteiger partial charge in [-0.1, -0.05) is 48.2 Å². The molecule has 0 bridgehead atoms. The van der Waals surface area contributed by atoms with Crippen molar-refractivity contribution in [3.8, 4) is 11.4 Å². The van der Waals surface area contributed by atoms with E-state index >= 15 is 0 Å². The van der Waals surface area contributed by atoms with Crippen LogP contribution >= 0.6 is 11.8 Å². The fourth-order valence-corrected chi connectivity index (χ4v) is 5.34. The lowest BCUT2D eigenvalue weighted by atomic mass is 10.1. The molecule has 2 aromatic heterocycles. The van der Waals surface area contributed by atoms with E-state index in [4.69, 9.17) is 0 Å². The number of carbonyl (C=O) groups excluding carboxylic acids is 1. The molecule has 0 fully saturated rings. The minimum atomic E-state index is -0.446. The van der Waals surface area contributed by atoms with E-state index < -0.39 is 5.25 Å². The van der Waals surface area contributed by atoms with Crippen LogP contribution in [0.5, 0.6) is 0 Å². The van der Waals surface area contributed by atoms with Crippen molar-refractivity contribution in [1.82, 2.24) is 29.6 Å². The van der Waals surface area contributed by atoms with Crippen LogP contribution in [0.4, 0.5) is 5.69 Å². The maximum absolute atomic E-state index is 13.4. The number of hydrogen-bond acceptors (Lipinski definition) is 6. The SMILES string of the molecule is Cc1c(-n2nnnc2SC(C)C(=O)N2c3ccccc3CC2C)c(=O)n(-c2ccccc2)n1C. The summed E-state index contributed by atoms with van der Waals surface area (Å²) in [6.45, 7) is 5.75. The largest absolute Gasteiger partial charge is 0.308 e. The standard InChI is InChI=1S/C24H25N7O2S/c1-15-14-18-10-8-9-13-20(18)29(15)22(32)17(3)34-24-25-26-27-30(24)21-16(2)28(4)31(23(21)33)19-11-6-5-7-12-19/h5-13,15,17H,14H2,1-4H3. The molecule has 0 saturated heterocycles. The van der Waals surface area contributed by atoms with Crippen molar-refractivity contribution in [3.05, 3.63) is 76.2 Å². The summed E-state index contributed by atoms with van der Waals surface area (Å²) >= 11 is 1.25. The van der Waals surface area contributed by atoms with E-state index in [1.54, 1.807) is 9.36 Å². The highest BCUT2D eigenvalue weighted by atomic mass is 32.2. The average molecular weight is 476 g/mol. The van der Waals surface area contributed by atoms with Crippen molar-refractivity contribution in [1.29, 1.82) is 0 Å². The van der Waals surface area contributed by atoms with Gasteiger partial charge in [-0.3, -0.25) is 14.3 Å². The van der Waals surface area contributed by atoms with E-state index in [-0.39, 0.29) is 17.5 Å². The van der Waals surface area contributed by atoms with Crippen molar-refractivity contribution in [2.75, 3.05) is 4.90 Å². The lowest BCUT2D eigenvalue weighted by Crippen LogP contribution is -2.40. The van der Waals surface area contributed by atoms with E-state index in [9.17, 15) is 9.59 Å². The molecule has 0 saturated carbocycles. The molecule has 9 nitrogen and oxygen atoms in total. The molecule has 0 N–H and O–H groups in total. The van der Waals surface area contributed by atoms with Gasteiger partial charge in [-0.2, -0.15) is 4.68 Å². The third-order valence-corrected chi connectivity index (χ3v) is 7.27. The van der Waals surface area contributed by atoms with Crippen LogP contribution in [-0.2, 0) is 18.3 Å². The molecule has 5 rings (SSSR count). The van der Waals surface area contributed by atoms with Gasteiger partial charge in [0.1, 0.15) is 0 Å². The van der Waals surface area contributed by atoms with Gasteiger partial charge in [-0.05, 0) is 61.4 Å². The van der Waals surface area contributed by atoms with Gasteiger partial charge < -0.3 is 4.90 Å². The number of thioether (sulfide) groups is 1. The number of hydrogen-bond donors (Lipinski definition) is 0. The number of para-hydroxylation sites is 2. The van der Waals surface area contributed by atoms with Crippen LogP contribution in [-0.4, -0.2) is 46.8 Å². The van der Waals surface area contributed by atoms with Crippen molar-refractivity contribution < 1.29 is 4.79 Å². The number of rotatable bonds is 5. The van der Waals surface area contributed by atoms with Crippen LogP contribution in [0.2, 0.25) is 0 Å². The molecule has 0 aliphatic carbocycles. The highest BCUT2D eigenvalue weighted by Crippen LogP contribution is 2.34. The number of aromatic nitrogens is 6. The number of tetrazole rings is 1. The summed E-state index contributed by atoms with van der Waals surface area (Å²) in [5, 5.41) is 12.0. The third kappa shape index (κ3) is 3.54. The Balaban J connectivity index is 1.46. The Bertz CT molecular complexity index is 1420. The first-order chi connectivity index (χ1) is 16.4. The smallest absolute Gasteiger partial charge is 0.297 e. The highest BCUT2D eigenvalue weighted by Gasteiger charge is 2.34. The first-order valence-electron chi connectivity index (χ1n) is 11.1. The maximum Gasteiger partial charge on any atom is 0.297 e. The zero-order valence-corrected chi connectivity index (χ0v) is 20.2. The zero-order valence-electron chi connectivity index (χ0n) is 19.4. The van der Waals surface area contributed by atoms with Crippen LogP contribution in [0.15, 0.2) is 64.5 Å². The van der Waals surface area contributed by atoms with E-state index in [0.717, 1.165) is 17.8 Å². The minimum Gasteiger partial charge on any atom is -0.308 e. The maximum atomic E-state index is 13.4. The summed E-state index contributed by atoms with van der Waals surface area (Å²) < 4.78 is 4.80. The van der Waals surface area contributed by atoms with Gasteiger partial charge in [-0.25, -0.2) is 4.68 Å². The Kier molecular flexibility index (Phi) is 5.60. The van der Waals surface area contributed by atoms with E-state index in [1.165, 1.54) is 22.0 Å². The summed E-state index contributed by atoms with van der Waals surface area (Å²) in [5.74, 6) is -0.0107. The zero-order chi connectivity index (χ0) is 24.0. The molecule has 2 unspecified atom stereocenters. The van der Waals surface area contributed by atoms with Crippen LogP contribution in [0, 0.1) is 6.92 Å². The number of benzene rings is 2. The van der Waals surface area contributed by atoms with Crippen LogP contribution in [0.3, 0.4) is 0 Å². The van der Waals surface area contributed by atoms with E-state index in [0.29, 0.717) is 16.5 Å². The molecule has 10 heteroatoms. The first kappa shape index (κ1) is 22.1. The van der Waals surface area contributed by atoms with Crippen LogP contribution < -0.4 is 10.5 Å². The monoisotopic (exact) mass is 475 g/mol. The lowest BCUT2D eigenvalue weighted by molar-refractivity contribution is -0.118. The van der Waals surface area contributed by atoms with Gasteiger partial charge in [0.05, 0.1) is 16.6 Å². The molecule has 1 aliphatic rings. The van der Waals surface area contributed by atoms with Gasteiger partial charge in [-0.15, -0.1) is 5.10 Å². The summed E-state index contributed by atoms with van der Waals surface area (Å²) in [4.78, 5) is 28.7. The Morgan fingerprint density at radius 3 is 2.59 bits per heavy atom.